The van der Waals surface area contributed by atoms with Gasteiger partial charge in [0.15, 0.2) is 0 Å². The van der Waals surface area contributed by atoms with Crippen LogP contribution in [0.2, 0.25) is 0 Å². The first-order valence-electron chi connectivity index (χ1n) is 6.83. The van der Waals surface area contributed by atoms with E-state index in [0.29, 0.717) is 11.3 Å². The topological polar surface area (TPSA) is 64.3 Å². The molecule has 0 unspecified atom stereocenters. The van der Waals surface area contributed by atoms with Gasteiger partial charge in [-0.15, -0.1) is 0 Å². The Bertz CT molecular complexity index is 631. The van der Waals surface area contributed by atoms with E-state index in [0.717, 1.165) is 11.4 Å². The van der Waals surface area contributed by atoms with E-state index in [2.05, 4.69) is 5.10 Å². The van der Waals surface area contributed by atoms with Gasteiger partial charge in [-0.2, -0.15) is 5.10 Å². The molecule has 1 N–H and O–H groups in total. The molecule has 0 aliphatic rings. The Kier molecular flexibility index (Phi) is 4.43. The minimum Gasteiger partial charge on any atom is -0.497 e. The average Bonchev–Trinajstić information content (AvgIpc) is 2.83. The van der Waals surface area contributed by atoms with Crippen LogP contribution in [0.3, 0.4) is 0 Å². The number of carbonyl (C=O) groups is 1. The van der Waals surface area contributed by atoms with Gasteiger partial charge in [0.25, 0.3) is 5.91 Å². The van der Waals surface area contributed by atoms with Crippen LogP contribution in [0.5, 0.6) is 5.75 Å². The fourth-order valence-electron chi connectivity index (χ4n) is 2.27. The fourth-order valence-corrected chi connectivity index (χ4v) is 2.27. The zero-order chi connectivity index (χ0) is 15.6. The molecule has 0 amide bonds. The number of carbonyl (C=O) groups excluding carboxylic acids is 1. The van der Waals surface area contributed by atoms with Crippen LogP contribution in [0, 0.1) is 19.8 Å². The number of aliphatic hydroxyl groups excluding tert-OH is 1. The lowest BCUT2D eigenvalue weighted by molar-refractivity contribution is 0.0610. The summed E-state index contributed by atoms with van der Waals surface area (Å²) in [6.45, 7) is 5.36. The summed E-state index contributed by atoms with van der Waals surface area (Å²) in [6.07, 6.45) is -0.882. The molecule has 1 aromatic carbocycles. The van der Waals surface area contributed by atoms with E-state index in [9.17, 15) is 9.90 Å². The van der Waals surface area contributed by atoms with E-state index in [-0.39, 0.29) is 5.91 Å². The number of aryl methyl sites for hydroxylation is 2. The van der Waals surface area contributed by atoms with E-state index in [1.807, 2.05) is 19.9 Å². The second kappa shape index (κ2) is 6.10. The molecule has 2 atom stereocenters. The number of ether oxygens (including phenoxy) is 1. The molecular weight excluding hydrogens is 268 g/mol. The number of nitrogens with zero attached hydrogens (tertiary/aromatic N) is 2. The number of benzene rings is 1. The summed E-state index contributed by atoms with van der Waals surface area (Å²) in [5, 5.41) is 14.5. The fraction of sp³-hybridized carbons (Fsp3) is 0.375. The molecule has 0 saturated heterocycles. The quantitative estimate of drug-likeness (QED) is 0.939. The predicted molar refractivity (Wildman–Crippen MR) is 79.4 cm³/mol. The molecule has 0 aliphatic carbocycles. The standard InChI is InChI=1S/C16H20N2O3/c1-10-9-11(2)18(17-10)16(20)12(3)15(19)13-5-7-14(21-4)8-6-13/h5-9,12,15,19H,1-4H3/t12-,15+/m0/s1. The number of methoxy groups -OCH3 is 1. The summed E-state index contributed by atoms with van der Waals surface area (Å²) in [5.41, 5.74) is 2.23. The maximum atomic E-state index is 12.4. The van der Waals surface area contributed by atoms with Crippen molar-refractivity contribution < 1.29 is 14.6 Å². The molecule has 2 aromatic rings. The molecule has 0 radical (unpaired) electrons. The molecule has 112 valence electrons. The van der Waals surface area contributed by atoms with Gasteiger partial charge in [-0.1, -0.05) is 19.1 Å². The predicted octanol–water partition coefficient (Wildman–Crippen LogP) is 2.52. The summed E-state index contributed by atoms with van der Waals surface area (Å²) in [7, 11) is 1.58. The zero-order valence-corrected chi connectivity index (χ0v) is 12.7. The van der Waals surface area contributed by atoms with Crippen LogP contribution < -0.4 is 4.74 Å². The number of hydrogen-bond donors (Lipinski definition) is 1. The van der Waals surface area contributed by atoms with E-state index in [1.165, 1.54) is 4.68 Å². The molecule has 5 nitrogen and oxygen atoms in total. The van der Waals surface area contributed by atoms with Gasteiger partial charge in [0.2, 0.25) is 0 Å². The molecular formula is C16H20N2O3. The summed E-state index contributed by atoms with van der Waals surface area (Å²) in [5.74, 6) is -0.0937. The number of rotatable bonds is 4. The van der Waals surface area contributed by atoms with Crippen LogP contribution in [0.1, 0.15) is 34.8 Å². The highest BCUT2D eigenvalue weighted by Gasteiger charge is 2.26. The maximum Gasteiger partial charge on any atom is 0.252 e. The highest BCUT2D eigenvalue weighted by atomic mass is 16.5. The maximum absolute atomic E-state index is 12.4. The Morgan fingerprint density at radius 3 is 2.38 bits per heavy atom. The minimum atomic E-state index is -0.882. The summed E-state index contributed by atoms with van der Waals surface area (Å²) >= 11 is 0. The lowest BCUT2D eigenvalue weighted by Crippen LogP contribution is -2.26. The Morgan fingerprint density at radius 1 is 1.29 bits per heavy atom. The SMILES string of the molecule is COc1ccc([C@H](O)[C@H](C)C(=O)n2nc(C)cc2C)cc1. The summed E-state index contributed by atoms with van der Waals surface area (Å²) < 4.78 is 6.44. The number of aromatic nitrogens is 2. The van der Waals surface area contributed by atoms with Crippen molar-refractivity contribution in [1.82, 2.24) is 9.78 Å². The van der Waals surface area contributed by atoms with Crippen molar-refractivity contribution in [2.24, 2.45) is 5.92 Å². The van der Waals surface area contributed by atoms with Crippen LogP contribution in [0.15, 0.2) is 30.3 Å². The second-order valence-electron chi connectivity index (χ2n) is 5.18. The molecule has 2 rings (SSSR count). The van der Waals surface area contributed by atoms with Crippen LogP contribution in [0.25, 0.3) is 0 Å². The van der Waals surface area contributed by atoms with Gasteiger partial charge in [-0.3, -0.25) is 4.79 Å². The molecule has 1 heterocycles. The van der Waals surface area contributed by atoms with Crippen molar-refractivity contribution in [3.63, 3.8) is 0 Å². The van der Waals surface area contributed by atoms with Gasteiger partial charge < -0.3 is 9.84 Å². The zero-order valence-electron chi connectivity index (χ0n) is 12.7. The number of hydrogen-bond acceptors (Lipinski definition) is 4. The van der Waals surface area contributed by atoms with E-state index in [4.69, 9.17) is 4.74 Å². The molecule has 21 heavy (non-hydrogen) atoms. The third kappa shape index (κ3) is 3.13. The largest absolute Gasteiger partial charge is 0.497 e. The molecule has 0 saturated carbocycles. The normalized spacial score (nSPS) is 13.8. The van der Waals surface area contributed by atoms with Gasteiger partial charge in [0.1, 0.15) is 5.75 Å². The van der Waals surface area contributed by atoms with Gasteiger partial charge in [-0.05, 0) is 37.6 Å². The highest BCUT2D eigenvalue weighted by Crippen LogP contribution is 2.25. The third-order valence-corrected chi connectivity index (χ3v) is 3.54. The van der Waals surface area contributed by atoms with Crippen LogP contribution in [-0.2, 0) is 0 Å². The van der Waals surface area contributed by atoms with Crippen LogP contribution in [0.4, 0.5) is 0 Å². The summed E-state index contributed by atoms with van der Waals surface area (Å²) in [4.78, 5) is 12.4. The molecule has 0 spiro atoms. The third-order valence-electron chi connectivity index (χ3n) is 3.54. The first-order chi connectivity index (χ1) is 9.93. The Hall–Kier alpha value is -2.14. The van der Waals surface area contributed by atoms with Gasteiger partial charge >= 0.3 is 0 Å². The van der Waals surface area contributed by atoms with Gasteiger partial charge in [0.05, 0.1) is 24.8 Å². The second-order valence-corrected chi connectivity index (χ2v) is 5.18. The van der Waals surface area contributed by atoms with Crippen molar-refractivity contribution in [2.75, 3.05) is 7.11 Å². The Morgan fingerprint density at radius 2 is 1.90 bits per heavy atom. The Labute approximate surface area is 124 Å². The number of aliphatic hydroxyl groups is 1. The summed E-state index contributed by atoms with van der Waals surface area (Å²) in [6, 6.07) is 8.88. The average molecular weight is 288 g/mol. The van der Waals surface area contributed by atoms with Crippen molar-refractivity contribution in [3.05, 3.63) is 47.3 Å². The molecule has 1 aromatic heterocycles. The molecule has 5 heteroatoms. The monoisotopic (exact) mass is 288 g/mol. The lowest BCUT2D eigenvalue weighted by Gasteiger charge is -2.18. The van der Waals surface area contributed by atoms with Crippen molar-refractivity contribution in [2.45, 2.75) is 26.9 Å². The molecule has 0 fully saturated rings. The van der Waals surface area contributed by atoms with Crippen molar-refractivity contribution >= 4 is 5.91 Å². The Balaban J connectivity index is 2.19. The smallest absolute Gasteiger partial charge is 0.252 e. The van der Waals surface area contributed by atoms with E-state index < -0.39 is 12.0 Å². The van der Waals surface area contributed by atoms with Gasteiger partial charge in [0, 0.05) is 5.69 Å². The molecule has 0 bridgehead atoms. The molecule has 0 aliphatic heterocycles. The first kappa shape index (κ1) is 15.3. The van der Waals surface area contributed by atoms with Crippen LogP contribution in [-0.4, -0.2) is 27.9 Å². The van der Waals surface area contributed by atoms with Crippen molar-refractivity contribution in [1.29, 1.82) is 0 Å². The van der Waals surface area contributed by atoms with E-state index >= 15 is 0 Å². The van der Waals surface area contributed by atoms with E-state index in [1.54, 1.807) is 38.3 Å². The van der Waals surface area contributed by atoms with Crippen molar-refractivity contribution in [3.8, 4) is 5.75 Å². The minimum absolute atomic E-state index is 0.219. The van der Waals surface area contributed by atoms with Gasteiger partial charge in [-0.25, -0.2) is 4.68 Å². The lowest BCUT2D eigenvalue weighted by atomic mass is 9.96. The first-order valence-corrected chi connectivity index (χ1v) is 6.83. The highest BCUT2D eigenvalue weighted by molar-refractivity contribution is 5.81. The van der Waals surface area contributed by atoms with Crippen LogP contribution >= 0.6 is 0 Å².